The quantitative estimate of drug-likeness (QED) is 0.319. The zero-order chi connectivity index (χ0) is 21.7. The number of hydrogen-bond donors (Lipinski definition) is 2. The second-order valence-electron chi connectivity index (χ2n) is 8.57. The van der Waals surface area contributed by atoms with E-state index in [2.05, 4.69) is 61.0 Å². The number of carbonyl (C=O) groups is 1. The summed E-state index contributed by atoms with van der Waals surface area (Å²) < 4.78 is 0. The van der Waals surface area contributed by atoms with E-state index in [1.807, 2.05) is 13.0 Å². The van der Waals surface area contributed by atoms with E-state index in [-0.39, 0.29) is 0 Å². The number of hydrogen-bond acceptors (Lipinski definition) is 3. The molecule has 1 aliphatic heterocycles. The summed E-state index contributed by atoms with van der Waals surface area (Å²) in [6, 6.07) is 6.88. The fourth-order valence-electron chi connectivity index (χ4n) is 4.50. The van der Waals surface area contributed by atoms with Crippen LogP contribution in [0, 0.1) is 5.41 Å². The summed E-state index contributed by atoms with van der Waals surface area (Å²) in [5.41, 5.74) is 6.88. The number of aromatic nitrogens is 1. The first-order valence-electron chi connectivity index (χ1n) is 11.2. The van der Waals surface area contributed by atoms with Gasteiger partial charge in [0.1, 0.15) is 6.29 Å². The largest absolute Gasteiger partial charge is 0.354 e. The van der Waals surface area contributed by atoms with Crippen molar-refractivity contribution in [1.29, 1.82) is 5.41 Å². The normalized spacial score (nSPS) is 16.8. The lowest BCUT2D eigenvalue weighted by molar-refractivity contribution is -0.109. The maximum Gasteiger partial charge on any atom is 0.133 e. The highest BCUT2D eigenvalue weighted by molar-refractivity contribution is 5.96. The molecule has 2 heterocycles. The van der Waals surface area contributed by atoms with E-state index in [0.29, 0.717) is 24.1 Å². The lowest BCUT2D eigenvalue weighted by Gasteiger charge is -2.30. The lowest BCUT2D eigenvalue weighted by atomic mass is 9.87. The highest BCUT2D eigenvalue weighted by Crippen LogP contribution is 2.37. The molecule has 0 saturated carbocycles. The fourth-order valence-corrected chi connectivity index (χ4v) is 4.50. The molecule has 0 bridgehead atoms. The van der Waals surface area contributed by atoms with Gasteiger partial charge in [0.15, 0.2) is 0 Å². The number of fused-ring (bicyclic) bond motifs is 1. The van der Waals surface area contributed by atoms with E-state index in [9.17, 15) is 4.79 Å². The van der Waals surface area contributed by atoms with Gasteiger partial charge < -0.3 is 15.2 Å². The average Bonchev–Trinajstić information content (AvgIpc) is 3.13. The number of nitrogens with zero attached hydrogens (tertiary/aromatic N) is 1. The first-order chi connectivity index (χ1) is 14.5. The van der Waals surface area contributed by atoms with E-state index >= 15 is 0 Å². The number of rotatable bonds is 8. The number of H-pyrrole nitrogens is 1. The number of allylic oxidation sites excluding steroid dienone is 4. The Balaban J connectivity index is 1.96. The summed E-state index contributed by atoms with van der Waals surface area (Å²) in [5.74, 6) is 0.953. The fraction of sp³-hybridized carbons (Fsp3) is 0.462. The first-order valence-corrected chi connectivity index (χ1v) is 11.2. The van der Waals surface area contributed by atoms with Crippen molar-refractivity contribution in [3.05, 3.63) is 53.2 Å². The molecule has 3 rings (SSSR count). The third kappa shape index (κ3) is 4.81. The molecule has 0 spiro atoms. The van der Waals surface area contributed by atoms with Gasteiger partial charge in [-0.25, -0.2) is 0 Å². The summed E-state index contributed by atoms with van der Waals surface area (Å²) in [5, 5.41) is 9.26. The average molecular weight is 406 g/mol. The molecule has 160 valence electrons. The van der Waals surface area contributed by atoms with Gasteiger partial charge in [-0.15, -0.1) is 0 Å². The summed E-state index contributed by atoms with van der Waals surface area (Å²) in [7, 11) is 0. The smallest absolute Gasteiger partial charge is 0.133 e. The molecule has 30 heavy (non-hydrogen) atoms. The van der Waals surface area contributed by atoms with Crippen LogP contribution in [-0.2, 0) is 4.79 Å². The third-order valence-corrected chi connectivity index (χ3v) is 6.28. The van der Waals surface area contributed by atoms with Crippen molar-refractivity contribution < 1.29 is 4.79 Å². The molecule has 0 aliphatic carbocycles. The van der Waals surface area contributed by atoms with Gasteiger partial charge in [-0.05, 0) is 86.0 Å². The Hall–Kier alpha value is -2.46. The molecule has 0 unspecified atom stereocenters. The second kappa shape index (κ2) is 10.0. The van der Waals surface area contributed by atoms with E-state index in [0.717, 1.165) is 44.2 Å². The van der Waals surface area contributed by atoms with Gasteiger partial charge in [0, 0.05) is 22.3 Å². The van der Waals surface area contributed by atoms with Gasteiger partial charge in [0.25, 0.3) is 0 Å². The second-order valence-corrected chi connectivity index (χ2v) is 8.57. The van der Waals surface area contributed by atoms with E-state index in [1.165, 1.54) is 27.7 Å². The van der Waals surface area contributed by atoms with Crippen LogP contribution in [0.5, 0.6) is 0 Å². The molecule has 1 aromatic heterocycles. The van der Waals surface area contributed by atoms with Gasteiger partial charge in [0.05, 0.1) is 6.54 Å². The molecule has 1 saturated heterocycles. The van der Waals surface area contributed by atoms with Crippen LogP contribution in [0.1, 0.15) is 75.6 Å². The van der Waals surface area contributed by atoms with Crippen molar-refractivity contribution in [2.24, 2.45) is 0 Å². The summed E-state index contributed by atoms with van der Waals surface area (Å²) in [6.45, 7) is 11.1. The number of likely N-dealkylation sites (tertiary alicyclic amines) is 1. The van der Waals surface area contributed by atoms with E-state index < -0.39 is 0 Å². The minimum absolute atomic E-state index is 0.396. The Morgan fingerprint density at radius 3 is 2.60 bits per heavy atom. The molecule has 4 heteroatoms. The van der Waals surface area contributed by atoms with Crippen LogP contribution in [0.25, 0.3) is 16.5 Å². The van der Waals surface area contributed by atoms with Crippen LogP contribution < -0.4 is 0 Å². The summed E-state index contributed by atoms with van der Waals surface area (Å²) in [4.78, 5) is 16.7. The molecule has 4 nitrogen and oxygen atoms in total. The van der Waals surface area contributed by atoms with E-state index in [1.54, 1.807) is 0 Å². The Morgan fingerprint density at radius 2 is 2.00 bits per heavy atom. The third-order valence-electron chi connectivity index (χ3n) is 6.28. The number of nitrogens with one attached hydrogen (secondary N) is 2. The van der Waals surface area contributed by atoms with Crippen LogP contribution in [0.3, 0.4) is 0 Å². The van der Waals surface area contributed by atoms with Crippen LogP contribution in [0.4, 0.5) is 0 Å². The van der Waals surface area contributed by atoms with Gasteiger partial charge in [-0.1, -0.05) is 39.0 Å². The predicted molar refractivity (Wildman–Crippen MR) is 128 cm³/mol. The molecular formula is C26H35N3O. The molecule has 1 aliphatic rings. The van der Waals surface area contributed by atoms with Crippen LogP contribution in [0.2, 0.25) is 0 Å². The number of benzene rings is 1. The summed E-state index contributed by atoms with van der Waals surface area (Å²) in [6.07, 6.45) is 10.1. The predicted octanol–water partition coefficient (Wildman–Crippen LogP) is 6.06. The Kier molecular flexibility index (Phi) is 7.43. The van der Waals surface area contributed by atoms with Gasteiger partial charge >= 0.3 is 0 Å². The van der Waals surface area contributed by atoms with Crippen LogP contribution >= 0.6 is 0 Å². The monoisotopic (exact) mass is 405 g/mol. The Bertz CT molecular complexity index is 956. The number of carbonyl (C=O) groups excluding carboxylic acids is 1. The highest BCUT2D eigenvalue weighted by atomic mass is 16.1. The summed E-state index contributed by atoms with van der Waals surface area (Å²) >= 11 is 0. The zero-order valence-corrected chi connectivity index (χ0v) is 18.8. The van der Waals surface area contributed by atoms with E-state index in [4.69, 9.17) is 5.41 Å². The maximum atomic E-state index is 10.8. The van der Waals surface area contributed by atoms with Crippen LogP contribution in [0.15, 0.2) is 36.4 Å². The van der Waals surface area contributed by atoms with Crippen LogP contribution in [-0.4, -0.2) is 41.5 Å². The highest BCUT2D eigenvalue weighted by Gasteiger charge is 2.22. The number of piperidine rings is 1. The Labute approximate surface area is 180 Å². The lowest BCUT2D eigenvalue weighted by Crippen LogP contribution is -2.34. The molecule has 1 aromatic carbocycles. The molecule has 0 amide bonds. The van der Waals surface area contributed by atoms with Crippen molar-refractivity contribution in [2.75, 3.05) is 19.6 Å². The first kappa shape index (κ1) is 22.2. The molecular weight excluding hydrogens is 370 g/mol. The topological polar surface area (TPSA) is 60.0 Å². The van der Waals surface area contributed by atoms with Crippen molar-refractivity contribution in [3.63, 3.8) is 0 Å². The SMILES string of the molecule is C/C=C(\C=C/C(=N)CC)c1[nH]c2ccc(C3CCN(CC=O)CC3)cc2c1C(C)C. The minimum Gasteiger partial charge on any atom is -0.354 e. The number of aldehydes is 1. The molecule has 1 fully saturated rings. The molecule has 0 atom stereocenters. The van der Waals surface area contributed by atoms with Gasteiger partial charge in [-0.3, -0.25) is 4.90 Å². The van der Waals surface area contributed by atoms with Gasteiger partial charge in [0.2, 0.25) is 0 Å². The number of aromatic amines is 1. The van der Waals surface area contributed by atoms with Crippen molar-refractivity contribution in [3.8, 4) is 0 Å². The minimum atomic E-state index is 0.396. The molecule has 2 N–H and O–H groups in total. The van der Waals surface area contributed by atoms with Crippen molar-refractivity contribution >= 4 is 28.5 Å². The molecule has 0 radical (unpaired) electrons. The van der Waals surface area contributed by atoms with Gasteiger partial charge in [-0.2, -0.15) is 0 Å². The standard InChI is InChI=1S/C26H35N3O/c1-5-19(7-9-22(27)6-2)26-25(18(3)4)23-17-21(8-10-24(23)28-26)20-11-13-29(14-12-20)15-16-30/h5,7-10,16-18,20,27-28H,6,11-15H2,1-4H3/b9-7-,19-5+,27-22?. The maximum absolute atomic E-state index is 10.8. The zero-order valence-electron chi connectivity index (χ0n) is 18.8. The molecule has 2 aromatic rings. The van der Waals surface area contributed by atoms with Crippen molar-refractivity contribution in [2.45, 2.75) is 58.8 Å². The Morgan fingerprint density at radius 1 is 1.27 bits per heavy atom. The van der Waals surface area contributed by atoms with Crippen molar-refractivity contribution in [1.82, 2.24) is 9.88 Å².